The van der Waals surface area contributed by atoms with Gasteiger partial charge in [-0.15, -0.1) is 0 Å². The standard InChI is InChI=1S/C22H17F3N6O/c23-22(24,25)20-10-15(4-6-29-20)18-9-14(3-5-27-18)11-31-21(32)17-2-1-16(12-30-17)19-13-26-7-8-28-19/h1-10,12-13,18,27H,11H2,(H,31,32). The lowest BCUT2D eigenvalue weighted by Crippen LogP contribution is -2.28. The first-order valence-electron chi connectivity index (χ1n) is 9.57. The van der Waals surface area contributed by atoms with Crippen LogP contribution < -0.4 is 10.6 Å². The van der Waals surface area contributed by atoms with E-state index in [1.807, 2.05) is 0 Å². The van der Waals surface area contributed by atoms with Crippen LogP contribution in [-0.4, -0.2) is 32.4 Å². The zero-order valence-corrected chi connectivity index (χ0v) is 16.5. The molecule has 0 spiro atoms. The van der Waals surface area contributed by atoms with Crippen molar-refractivity contribution in [2.45, 2.75) is 12.2 Å². The van der Waals surface area contributed by atoms with Gasteiger partial charge in [0.1, 0.15) is 11.4 Å². The van der Waals surface area contributed by atoms with Crippen LogP contribution in [0.4, 0.5) is 13.2 Å². The minimum Gasteiger partial charge on any atom is -0.381 e. The van der Waals surface area contributed by atoms with Crippen LogP contribution in [0.5, 0.6) is 0 Å². The Morgan fingerprint density at radius 2 is 1.94 bits per heavy atom. The van der Waals surface area contributed by atoms with Gasteiger partial charge in [-0.2, -0.15) is 13.2 Å². The van der Waals surface area contributed by atoms with Crippen molar-refractivity contribution in [3.63, 3.8) is 0 Å². The van der Waals surface area contributed by atoms with Crippen molar-refractivity contribution < 1.29 is 18.0 Å². The van der Waals surface area contributed by atoms with E-state index in [1.165, 1.54) is 6.07 Å². The maximum Gasteiger partial charge on any atom is 0.433 e. The van der Waals surface area contributed by atoms with Crippen molar-refractivity contribution in [2.24, 2.45) is 0 Å². The minimum atomic E-state index is -4.52. The first-order valence-corrected chi connectivity index (χ1v) is 9.57. The van der Waals surface area contributed by atoms with Gasteiger partial charge in [0.05, 0.1) is 17.9 Å². The Morgan fingerprint density at radius 1 is 1.06 bits per heavy atom. The third-order valence-electron chi connectivity index (χ3n) is 4.70. The predicted octanol–water partition coefficient (Wildman–Crippen LogP) is 3.47. The second kappa shape index (κ2) is 8.96. The SMILES string of the molecule is O=C(NCC1=CC(c2ccnc(C(F)(F)F)c2)NC=C1)c1ccc(-c2cnccn2)cn1. The normalized spacial score (nSPS) is 15.6. The Balaban J connectivity index is 1.40. The summed E-state index contributed by atoms with van der Waals surface area (Å²) in [6.45, 7) is 0.193. The molecule has 1 atom stereocenters. The highest BCUT2D eigenvalue weighted by Crippen LogP contribution is 2.30. The van der Waals surface area contributed by atoms with E-state index in [0.717, 1.165) is 23.4 Å². The maximum atomic E-state index is 12.9. The van der Waals surface area contributed by atoms with Gasteiger partial charge >= 0.3 is 6.18 Å². The van der Waals surface area contributed by atoms with Crippen LogP contribution in [0.1, 0.15) is 27.8 Å². The Bertz CT molecular complexity index is 1160. The molecule has 7 nitrogen and oxygen atoms in total. The van der Waals surface area contributed by atoms with Gasteiger partial charge in [-0.1, -0.05) is 6.08 Å². The molecule has 3 aromatic rings. The van der Waals surface area contributed by atoms with Crippen molar-refractivity contribution in [1.82, 2.24) is 30.6 Å². The summed E-state index contributed by atoms with van der Waals surface area (Å²) in [5, 5.41) is 5.76. The molecule has 1 aliphatic heterocycles. The molecule has 162 valence electrons. The number of carbonyl (C=O) groups excluding carboxylic acids is 1. The van der Waals surface area contributed by atoms with Gasteiger partial charge in [0, 0.05) is 36.9 Å². The highest BCUT2D eigenvalue weighted by Gasteiger charge is 2.33. The average molecular weight is 438 g/mol. The molecular weight excluding hydrogens is 421 g/mol. The molecule has 0 bridgehead atoms. The Labute approximate surface area is 181 Å². The zero-order chi connectivity index (χ0) is 22.6. The second-order valence-electron chi connectivity index (χ2n) is 6.90. The number of nitrogens with zero attached hydrogens (tertiary/aromatic N) is 4. The van der Waals surface area contributed by atoms with E-state index in [4.69, 9.17) is 0 Å². The van der Waals surface area contributed by atoms with Crippen molar-refractivity contribution in [3.8, 4) is 11.3 Å². The van der Waals surface area contributed by atoms with Gasteiger partial charge in [-0.3, -0.25) is 24.7 Å². The summed E-state index contributed by atoms with van der Waals surface area (Å²) in [6, 6.07) is 5.37. The summed E-state index contributed by atoms with van der Waals surface area (Å²) in [4.78, 5) is 28.2. The average Bonchev–Trinajstić information content (AvgIpc) is 2.83. The molecule has 10 heteroatoms. The van der Waals surface area contributed by atoms with Gasteiger partial charge in [0.25, 0.3) is 5.91 Å². The first kappa shape index (κ1) is 21.2. The quantitative estimate of drug-likeness (QED) is 0.634. The van der Waals surface area contributed by atoms with E-state index in [0.29, 0.717) is 11.3 Å². The minimum absolute atomic E-state index is 0.193. The highest BCUT2D eigenvalue weighted by molar-refractivity contribution is 5.92. The lowest BCUT2D eigenvalue weighted by Gasteiger charge is -2.20. The fourth-order valence-corrected chi connectivity index (χ4v) is 3.08. The van der Waals surface area contributed by atoms with Crippen molar-refractivity contribution in [1.29, 1.82) is 0 Å². The van der Waals surface area contributed by atoms with E-state index in [2.05, 4.69) is 30.6 Å². The molecule has 1 unspecified atom stereocenters. The van der Waals surface area contributed by atoms with Gasteiger partial charge < -0.3 is 10.6 Å². The van der Waals surface area contributed by atoms with Gasteiger partial charge in [-0.25, -0.2) is 0 Å². The molecule has 0 radical (unpaired) electrons. The molecule has 0 saturated heterocycles. The fourth-order valence-electron chi connectivity index (χ4n) is 3.08. The smallest absolute Gasteiger partial charge is 0.381 e. The number of hydrogen-bond acceptors (Lipinski definition) is 6. The number of pyridine rings is 2. The molecule has 1 amide bonds. The molecule has 0 aromatic carbocycles. The van der Waals surface area contributed by atoms with Gasteiger partial charge in [0.15, 0.2) is 0 Å². The van der Waals surface area contributed by atoms with Crippen LogP contribution in [-0.2, 0) is 6.18 Å². The molecular formula is C22H17F3N6O. The number of amides is 1. The van der Waals surface area contributed by atoms with Gasteiger partial charge in [-0.05, 0) is 47.7 Å². The topological polar surface area (TPSA) is 92.7 Å². The number of aromatic nitrogens is 4. The summed E-state index contributed by atoms with van der Waals surface area (Å²) in [5.41, 5.74) is 1.82. The Morgan fingerprint density at radius 3 is 2.66 bits per heavy atom. The van der Waals surface area contributed by atoms with Crippen molar-refractivity contribution in [2.75, 3.05) is 6.54 Å². The maximum absolute atomic E-state index is 12.9. The predicted molar refractivity (Wildman–Crippen MR) is 110 cm³/mol. The Kier molecular flexibility index (Phi) is 5.93. The first-order chi connectivity index (χ1) is 15.4. The molecule has 3 aromatic heterocycles. The molecule has 0 saturated carbocycles. The lowest BCUT2D eigenvalue weighted by atomic mass is 10.0. The number of carbonyl (C=O) groups is 1. The van der Waals surface area contributed by atoms with E-state index < -0.39 is 17.9 Å². The van der Waals surface area contributed by atoms with Gasteiger partial charge in [0.2, 0.25) is 0 Å². The number of hydrogen-bond donors (Lipinski definition) is 2. The van der Waals surface area contributed by atoms with Crippen LogP contribution in [0.3, 0.4) is 0 Å². The largest absolute Gasteiger partial charge is 0.433 e. The third kappa shape index (κ3) is 4.97. The number of rotatable bonds is 5. The number of nitrogens with one attached hydrogen (secondary N) is 2. The monoisotopic (exact) mass is 438 g/mol. The fraction of sp³-hybridized carbons (Fsp3) is 0.136. The van der Waals surface area contributed by atoms with E-state index in [1.54, 1.807) is 55.3 Å². The molecule has 0 fully saturated rings. The summed E-state index contributed by atoms with van der Waals surface area (Å²) in [5.74, 6) is -0.372. The van der Waals surface area contributed by atoms with E-state index >= 15 is 0 Å². The third-order valence-corrected chi connectivity index (χ3v) is 4.70. The number of dihydropyridines is 1. The molecule has 4 rings (SSSR count). The van der Waals surface area contributed by atoms with Crippen LogP contribution in [0, 0.1) is 0 Å². The highest BCUT2D eigenvalue weighted by atomic mass is 19.4. The summed E-state index contributed by atoms with van der Waals surface area (Å²) >= 11 is 0. The molecule has 32 heavy (non-hydrogen) atoms. The Hall–Kier alpha value is -4.08. The number of alkyl halides is 3. The lowest BCUT2D eigenvalue weighted by molar-refractivity contribution is -0.141. The summed E-state index contributed by atoms with van der Waals surface area (Å²) in [7, 11) is 0. The van der Waals surface area contributed by atoms with Crippen LogP contribution in [0.25, 0.3) is 11.3 Å². The van der Waals surface area contributed by atoms with E-state index in [-0.39, 0.29) is 18.1 Å². The van der Waals surface area contributed by atoms with Crippen LogP contribution in [0.2, 0.25) is 0 Å². The summed E-state index contributed by atoms with van der Waals surface area (Å²) in [6.07, 6.45) is 8.02. The second-order valence-corrected chi connectivity index (χ2v) is 6.90. The van der Waals surface area contributed by atoms with Crippen LogP contribution >= 0.6 is 0 Å². The summed E-state index contributed by atoms with van der Waals surface area (Å²) < 4.78 is 38.8. The van der Waals surface area contributed by atoms with Crippen molar-refractivity contribution in [3.05, 3.63) is 96.1 Å². The molecule has 4 heterocycles. The number of halogens is 3. The van der Waals surface area contributed by atoms with E-state index in [9.17, 15) is 18.0 Å². The molecule has 0 aliphatic carbocycles. The van der Waals surface area contributed by atoms with Crippen molar-refractivity contribution >= 4 is 5.91 Å². The molecule has 2 N–H and O–H groups in total. The molecule has 1 aliphatic rings. The zero-order valence-electron chi connectivity index (χ0n) is 16.5. The van der Waals surface area contributed by atoms with Crippen LogP contribution in [0.15, 0.2) is 79.2 Å².